The maximum atomic E-state index is 12.7. The van der Waals surface area contributed by atoms with Gasteiger partial charge in [0, 0.05) is 5.75 Å². The minimum atomic E-state index is -3.85. The predicted octanol–water partition coefficient (Wildman–Crippen LogP) is 5.33. The summed E-state index contributed by atoms with van der Waals surface area (Å²) in [6, 6.07) is 19.0. The molecule has 168 valence electrons. The SMILES string of the molecule is Cc1ccc(S(=O)(=O)c2ccc(C(=O)Nc3nnc(SC/C=C/c4ccccc4)s3)o2)cc1. The first-order valence-corrected chi connectivity index (χ1v) is 13.1. The molecule has 2 heterocycles. The largest absolute Gasteiger partial charge is 0.439 e. The number of amides is 1. The Bertz CT molecular complexity index is 1380. The maximum Gasteiger partial charge on any atom is 0.293 e. The fraction of sp³-hybridized carbons (Fsp3) is 0.0870. The van der Waals surface area contributed by atoms with Gasteiger partial charge in [-0.3, -0.25) is 10.1 Å². The van der Waals surface area contributed by atoms with E-state index in [1.165, 1.54) is 47.4 Å². The third-order valence-electron chi connectivity index (χ3n) is 4.44. The van der Waals surface area contributed by atoms with Crippen LogP contribution in [0.3, 0.4) is 0 Å². The summed E-state index contributed by atoms with van der Waals surface area (Å²) in [6.07, 6.45) is 4.05. The first-order chi connectivity index (χ1) is 15.9. The second-order valence-corrected chi connectivity index (χ2v) is 11.0. The Kier molecular flexibility index (Phi) is 7.07. The zero-order valence-electron chi connectivity index (χ0n) is 17.5. The Labute approximate surface area is 199 Å². The number of carbonyl (C=O) groups excluding carboxylic acids is 1. The topological polar surface area (TPSA) is 102 Å². The molecule has 2 aromatic heterocycles. The second-order valence-electron chi connectivity index (χ2n) is 6.89. The fourth-order valence-corrected chi connectivity index (χ4v) is 5.52. The molecule has 0 spiro atoms. The van der Waals surface area contributed by atoms with Crippen molar-refractivity contribution < 1.29 is 17.6 Å². The normalized spacial score (nSPS) is 11.7. The number of aromatic nitrogens is 2. The number of rotatable bonds is 8. The molecule has 7 nitrogen and oxygen atoms in total. The Morgan fingerprint density at radius 3 is 2.58 bits per heavy atom. The molecule has 0 radical (unpaired) electrons. The Morgan fingerprint density at radius 2 is 1.82 bits per heavy atom. The van der Waals surface area contributed by atoms with E-state index in [-0.39, 0.29) is 15.7 Å². The monoisotopic (exact) mass is 497 g/mol. The van der Waals surface area contributed by atoms with Crippen LogP contribution in [0.25, 0.3) is 6.08 Å². The molecule has 33 heavy (non-hydrogen) atoms. The molecule has 0 aliphatic carbocycles. The molecule has 1 amide bonds. The predicted molar refractivity (Wildman–Crippen MR) is 129 cm³/mol. The summed E-state index contributed by atoms with van der Waals surface area (Å²) in [5.74, 6) is -0.0245. The quantitative estimate of drug-likeness (QED) is 0.259. The smallest absolute Gasteiger partial charge is 0.293 e. The Hall–Kier alpha value is -3.21. The molecule has 0 saturated carbocycles. The number of benzene rings is 2. The molecule has 0 unspecified atom stereocenters. The van der Waals surface area contributed by atoms with Crippen molar-refractivity contribution in [1.82, 2.24) is 10.2 Å². The van der Waals surface area contributed by atoms with Crippen molar-refractivity contribution in [3.05, 3.63) is 89.7 Å². The van der Waals surface area contributed by atoms with Gasteiger partial charge in [-0.25, -0.2) is 8.42 Å². The van der Waals surface area contributed by atoms with Gasteiger partial charge in [-0.1, -0.05) is 83.3 Å². The minimum Gasteiger partial charge on any atom is -0.439 e. The number of nitrogens with zero attached hydrogens (tertiary/aromatic N) is 2. The highest BCUT2D eigenvalue weighted by Gasteiger charge is 2.24. The zero-order chi connectivity index (χ0) is 23.3. The van der Waals surface area contributed by atoms with Gasteiger partial charge in [0.2, 0.25) is 20.1 Å². The van der Waals surface area contributed by atoms with Crippen LogP contribution >= 0.6 is 23.1 Å². The van der Waals surface area contributed by atoms with E-state index in [2.05, 4.69) is 15.5 Å². The van der Waals surface area contributed by atoms with Gasteiger partial charge in [0.1, 0.15) is 0 Å². The van der Waals surface area contributed by atoms with Crippen LogP contribution in [0, 0.1) is 6.92 Å². The van der Waals surface area contributed by atoms with E-state index < -0.39 is 15.7 Å². The van der Waals surface area contributed by atoms with Crippen molar-refractivity contribution in [2.75, 3.05) is 11.1 Å². The van der Waals surface area contributed by atoms with Crippen LogP contribution in [0.1, 0.15) is 21.7 Å². The number of hydrogen-bond donors (Lipinski definition) is 1. The highest BCUT2D eigenvalue weighted by molar-refractivity contribution is 8.01. The van der Waals surface area contributed by atoms with Gasteiger partial charge in [0.05, 0.1) is 4.90 Å². The number of thioether (sulfide) groups is 1. The van der Waals surface area contributed by atoms with Gasteiger partial charge in [-0.05, 0) is 36.8 Å². The van der Waals surface area contributed by atoms with Gasteiger partial charge in [-0.15, -0.1) is 10.2 Å². The fourth-order valence-electron chi connectivity index (χ4n) is 2.77. The first-order valence-electron chi connectivity index (χ1n) is 9.83. The molecule has 1 N–H and O–H groups in total. The first kappa shape index (κ1) is 23.0. The van der Waals surface area contributed by atoms with Crippen LogP contribution in [0.2, 0.25) is 0 Å². The van der Waals surface area contributed by atoms with E-state index in [1.807, 2.05) is 49.4 Å². The van der Waals surface area contributed by atoms with Crippen molar-refractivity contribution in [2.45, 2.75) is 21.3 Å². The molecule has 0 aliphatic heterocycles. The Morgan fingerprint density at radius 1 is 1.06 bits per heavy atom. The van der Waals surface area contributed by atoms with Crippen LogP contribution < -0.4 is 5.32 Å². The number of carbonyl (C=O) groups is 1. The summed E-state index contributed by atoms with van der Waals surface area (Å²) in [6.45, 7) is 1.87. The van der Waals surface area contributed by atoms with Crippen molar-refractivity contribution in [3.63, 3.8) is 0 Å². The Balaban J connectivity index is 1.35. The molecule has 10 heteroatoms. The van der Waals surface area contributed by atoms with Gasteiger partial charge in [-0.2, -0.15) is 0 Å². The highest BCUT2D eigenvalue weighted by atomic mass is 32.2. The molecule has 0 atom stereocenters. The van der Waals surface area contributed by atoms with Gasteiger partial charge >= 0.3 is 0 Å². The molecule has 4 rings (SSSR count). The average molecular weight is 498 g/mol. The number of furan rings is 1. The van der Waals surface area contributed by atoms with E-state index in [4.69, 9.17) is 4.42 Å². The molecular weight excluding hydrogens is 478 g/mol. The van der Waals surface area contributed by atoms with E-state index in [0.717, 1.165) is 11.1 Å². The van der Waals surface area contributed by atoms with Crippen LogP contribution in [0.4, 0.5) is 5.13 Å². The summed E-state index contributed by atoms with van der Waals surface area (Å²) in [4.78, 5) is 12.6. The van der Waals surface area contributed by atoms with Gasteiger partial charge in [0.15, 0.2) is 10.1 Å². The highest BCUT2D eigenvalue weighted by Crippen LogP contribution is 2.27. The van der Waals surface area contributed by atoms with E-state index >= 15 is 0 Å². The van der Waals surface area contributed by atoms with E-state index in [9.17, 15) is 13.2 Å². The molecule has 0 bridgehead atoms. The lowest BCUT2D eigenvalue weighted by atomic mass is 10.2. The second kappa shape index (κ2) is 10.2. The maximum absolute atomic E-state index is 12.7. The van der Waals surface area contributed by atoms with Gasteiger partial charge in [0.25, 0.3) is 5.91 Å². The van der Waals surface area contributed by atoms with Crippen molar-refractivity contribution in [1.29, 1.82) is 0 Å². The summed E-state index contributed by atoms with van der Waals surface area (Å²) in [5.41, 5.74) is 2.06. The van der Waals surface area contributed by atoms with Crippen molar-refractivity contribution in [3.8, 4) is 0 Å². The molecule has 0 aliphatic rings. The minimum absolute atomic E-state index is 0.0986. The number of sulfone groups is 1. The van der Waals surface area contributed by atoms with E-state index in [1.54, 1.807) is 12.1 Å². The zero-order valence-corrected chi connectivity index (χ0v) is 19.9. The van der Waals surface area contributed by atoms with Crippen LogP contribution in [-0.4, -0.2) is 30.3 Å². The molecule has 0 fully saturated rings. The summed E-state index contributed by atoms with van der Waals surface area (Å²) >= 11 is 2.72. The third kappa shape index (κ3) is 5.78. The summed E-state index contributed by atoms with van der Waals surface area (Å²) in [5, 5.41) is 10.6. The standard InChI is InChI=1S/C23H19N3O4S3/c1-16-9-11-18(12-10-16)33(28,29)20-14-13-19(30-20)21(27)24-22-25-26-23(32-22)31-15-5-8-17-6-3-2-4-7-17/h2-14H,15H2,1H3,(H,24,25,27)/b8-5+. The molecule has 0 saturated heterocycles. The number of nitrogens with one attached hydrogen (secondary N) is 1. The number of aryl methyl sites for hydroxylation is 1. The third-order valence-corrected chi connectivity index (χ3v) is 8.01. The summed E-state index contributed by atoms with van der Waals surface area (Å²) < 4.78 is 31.4. The lowest BCUT2D eigenvalue weighted by Gasteiger charge is -2.02. The van der Waals surface area contributed by atoms with Crippen LogP contribution in [-0.2, 0) is 9.84 Å². The lowest BCUT2D eigenvalue weighted by molar-refractivity contribution is 0.0991. The number of anilines is 1. The molecule has 2 aromatic carbocycles. The summed E-state index contributed by atoms with van der Waals surface area (Å²) in [7, 11) is -3.85. The van der Waals surface area contributed by atoms with Gasteiger partial charge < -0.3 is 4.42 Å². The van der Waals surface area contributed by atoms with Crippen molar-refractivity contribution >= 4 is 50.1 Å². The van der Waals surface area contributed by atoms with Crippen LogP contribution in [0.15, 0.2) is 91.6 Å². The van der Waals surface area contributed by atoms with Crippen molar-refractivity contribution in [2.24, 2.45) is 0 Å². The number of hydrogen-bond acceptors (Lipinski definition) is 8. The lowest BCUT2D eigenvalue weighted by Crippen LogP contribution is -2.10. The average Bonchev–Trinajstić information content (AvgIpc) is 3.48. The molecular formula is C23H19N3O4S3. The van der Waals surface area contributed by atoms with Crippen LogP contribution in [0.5, 0.6) is 0 Å². The van der Waals surface area contributed by atoms with E-state index in [0.29, 0.717) is 15.2 Å². The molecule has 4 aromatic rings.